The van der Waals surface area contributed by atoms with Crippen LogP contribution in [0.1, 0.15) is 0 Å². The van der Waals surface area contributed by atoms with E-state index in [4.69, 9.17) is 0 Å². The molecule has 6 heteroatoms. The topological polar surface area (TPSA) is 65.1 Å². The quantitative estimate of drug-likeness (QED) is 0.549. The fraction of sp³-hybridized carbons (Fsp3) is 0. The zero-order valence-corrected chi connectivity index (χ0v) is 11.1. The largest absolute Gasteiger partial charge is 0.278 e. The van der Waals surface area contributed by atoms with Gasteiger partial charge in [-0.1, -0.05) is 24.3 Å². The molecule has 0 aliphatic carbocycles. The van der Waals surface area contributed by atoms with E-state index in [9.17, 15) is 14.3 Å². The molecule has 1 aromatic heterocycles. The fourth-order valence-corrected chi connectivity index (χ4v) is 3.21. The Balaban J connectivity index is 2.17. The van der Waals surface area contributed by atoms with E-state index in [2.05, 4.69) is 0 Å². The van der Waals surface area contributed by atoms with E-state index >= 15 is 0 Å². The van der Waals surface area contributed by atoms with E-state index in [-0.39, 0.29) is 5.69 Å². The molecule has 0 spiro atoms. The number of benzene rings is 2. The van der Waals surface area contributed by atoms with Gasteiger partial charge in [-0.3, -0.25) is 14.1 Å². The summed E-state index contributed by atoms with van der Waals surface area (Å²) < 4.78 is 14.0. The number of fused-ring (bicyclic) bond motifs is 1. The summed E-state index contributed by atoms with van der Waals surface area (Å²) in [5.41, 5.74) is 0.604. The first-order valence-electron chi connectivity index (χ1n) is 5.90. The van der Waals surface area contributed by atoms with E-state index in [1.54, 1.807) is 48.7 Å². The molecule has 5 nitrogen and oxygen atoms in total. The highest BCUT2D eigenvalue weighted by atomic mass is 32.2. The summed E-state index contributed by atoms with van der Waals surface area (Å²) in [5.74, 6) is 0. The molecule has 0 fully saturated rings. The van der Waals surface area contributed by atoms with Crippen molar-refractivity contribution in [2.24, 2.45) is 0 Å². The van der Waals surface area contributed by atoms with Crippen molar-refractivity contribution in [3.8, 4) is 0 Å². The van der Waals surface area contributed by atoms with Crippen molar-refractivity contribution in [3.05, 3.63) is 70.9 Å². The number of rotatable bonds is 3. The van der Waals surface area contributed by atoms with Crippen LogP contribution in [0.5, 0.6) is 0 Å². The molecule has 100 valence electrons. The van der Waals surface area contributed by atoms with E-state index in [1.165, 1.54) is 10.0 Å². The summed E-state index contributed by atoms with van der Waals surface area (Å²) in [6, 6.07) is 15.4. The molecule has 20 heavy (non-hydrogen) atoms. The molecule has 2 aromatic carbocycles. The summed E-state index contributed by atoms with van der Waals surface area (Å²) in [5, 5.41) is 11.5. The van der Waals surface area contributed by atoms with Gasteiger partial charge < -0.3 is 0 Å². The van der Waals surface area contributed by atoms with Gasteiger partial charge in [-0.25, -0.2) is 4.21 Å². The average molecular weight is 286 g/mol. The molecule has 0 amide bonds. The van der Waals surface area contributed by atoms with Gasteiger partial charge in [-0.2, -0.15) is 0 Å². The predicted octanol–water partition coefficient (Wildman–Crippen LogP) is 3.12. The van der Waals surface area contributed by atoms with Crippen molar-refractivity contribution in [1.29, 1.82) is 0 Å². The van der Waals surface area contributed by atoms with E-state index in [1.807, 2.05) is 6.07 Å². The van der Waals surface area contributed by atoms with Crippen LogP contribution in [0.25, 0.3) is 10.9 Å². The Hall–Kier alpha value is -2.47. The number of non-ortho nitro benzene ring substituents is 1. The third kappa shape index (κ3) is 2.00. The van der Waals surface area contributed by atoms with Gasteiger partial charge in [-0.05, 0) is 24.3 Å². The molecule has 0 aliphatic heterocycles. The maximum Gasteiger partial charge on any atom is 0.278 e. The lowest BCUT2D eigenvalue weighted by molar-refractivity contribution is -0.383. The van der Waals surface area contributed by atoms with Crippen LogP contribution in [0.2, 0.25) is 0 Å². The Kier molecular flexibility index (Phi) is 3.08. The normalized spacial score (nSPS) is 12.4. The molecular formula is C14H10N2O3S. The first-order valence-corrected chi connectivity index (χ1v) is 7.01. The van der Waals surface area contributed by atoms with Crippen LogP contribution in [-0.4, -0.2) is 13.1 Å². The number of hydrogen-bond donors (Lipinski definition) is 0. The SMILES string of the molecule is O=[N+]([O-])c1cccc2c1ccn2S(=O)c1ccccc1. The summed E-state index contributed by atoms with van der Waals surface area (Å²) in [6.45, 7) is 0. The van der Waals surface area contributed by atoms with Gasteiger partial charge in [0.05, 0.1) is 20.7 Å². The van der Waals surface area contributed by atoms with Gasteiger partial charge in [0.1, 0.15) is 0 Å². The van der Waals surface area contributed by atoms with Gasteiger partial charge >= 0.3 is 0 Å². The van der Waals surface area contributed by atoms with Crippen molar-refractivity contribution in [1.82, 2.24) is 3.97 Å². The van der Waals surface area contributed by atoms with Crippen LogP contribution >= 0.6 is 0 Å². The Labute approximate surface area is 117 Å². The molecule has 3 rings (SSSR count). The molecule has 0 saturated heterocycles. The molecule has 1 unspecified atom stereocenters. The average Bonchev–Trinajstić information content (AvgIpc) is 2.91. The number of nitro groups is 1. The van der Waals surface area contributed by atoms with E-state index in [0.29, 0.717) is 15.8 Å². The molecule has 1 atom stereocenters. The Morgan fingerprint density at radius 2 is 1.75 bits per heavy atom. The second-order valence-electron chi connectivity index (χ2n) is 4.17. The van der Waals surface area contributed by atoms with Crippen molar-refractivity contribution >= 4 is 27.6 Å². The van der Waals surface area contributed by atoms with Crippen LogP contribution < -0.4 is 0 Å². The minimum atomic E-state index is -1.42. The highest BCUT2D eigenvalue weighted by molar-refractivity contribution is 7.83. The van der Waals surface area contributed by atoms with Gasteiger partial charge in [0.25, 0.3) is 5.69 Å². The molecular weight excluding hydrogens is 276 g/mol. The van der Waals surface area contributed by atoms with Crippen LogP contribution in [0, 0.1) is 10.1 Å². The van der Waals surface area contributed by atoms with Gasteiger partial charge in [0.15, 0.2) is 11.0 Å². The van der Waals surface area contributed by atoms with E-state index in [0.717, 1.165) is 0 Å². The maximum atomic E-state index is 12.5. The van der Waals surface area contributed by atoms with Gasteiger partial charge in [0, 0.05) is 12.3 Å². The minimum absolute atomic E-state index is 0.0197. The zero-order chi connectivity index (χ0) is 14.1. The number of nitrogens with zero attached hydrogens (tertiary/aromatic N) is 2. The standard InChI is InChI=1S/C14H10N2O3S/c17-16(18)14-8-4-7-13-12(14)9-10-15(13)20(19)11-5-2-1-3-6-11/h1-10H. The molecule has 1 heterocycles. The third-order valence-electron chi connectivity index (χ3n) is 2.99. The van der Waals surface area contributed by atoms with Crippen molar-refractivity contribution in [2.45, 2.75) is 4.90 Å². The Bertz CT molecular complexity index is 812. The molecule has 0 N–H and O–H groups in total. The predicted molar refractivity (Wildman–Crippen MR) is 76.8 cm³/mol. The van der Waals surface area contributed by atoms with Crippen molar-refractivity contribution < 1.29 is 9.13 Å². The van der Waals surface area contributed by atoms with Crippen LogP contribution in [0.4, 0.5) is 5.69 Å². The maximum absolute atomic E-state index is 12.5. The van der Waals surface area contributed by atoms with Crippen LogP contribution in [0.3, 0.4) is 0 Å². The molecule has 0 radical (unpaired) electrons. The Morgan fingerprint density at radius 3 is 2.45 bits per heavy atom. The zero-order valence-electron chi connectivity index (χ0n) is 10.3. The molecule has 0 saturated carbocycles. The fourth-order valence-electron chi connectivity index (χ4n) is 2.08. The van der Waals surface area contributed by atoms with Crippen LogP contribution in [-0.2, 0) is 11.0 Å². The highest BCUT2D eigenvalue weighted by Crippen LogP contribution is 2.27. The number of nitro benzene ring substituents is 1. The molecule has 0 aliphatic rings. The lowest BCUT2D eigenvalue weighted by Crippen LogP contribution is -2.03. The summed E-state index contributed by atoms with van der Waals surface area (Å²) in [6.07, 6.45) is 1.61. The lowest BCUT2D eigenvalue weighted by Gasteiger charge is -2.05. The molecule has 0 bridgehead atoms. The first-order chi connectivity index (χ1) is 9.68. The van der Waals surface area contributed by atoms with Crippen LogP contribution in [0.15, 0.2) is 65.7 Å². The van der Waals surface area contributed by atoms with Gasteiger partial charge in [0.2, 0.25) is 0 Å². The smallest absolute Gasteiger partial charge is 0.262 e. The number of aromatic nitrogens is 1. The first kappa shape index (κ1) is 12.6. The summed E-state index contributed by atoms with van der Waals surface area (Å²) in [7, 11) is -1.42. The Morgan fingerprint density at radius 1 is 1.00 bits per heavy atom. The van der Waals surface area contributed by atoms with Gasteiger partial charge in [-0.15, -0.1) is 0 Å². The van der Waals surface area contributed by atoms with Crippen molar-refractivity contribution in [3.63, 3.8) is 0 Å². The highest BCUT2D eigenvalue weighted by Gasteiger charge is 2.16. The summed E-state index contributed by atoms with van der Waals surface area (Å²) in [4.78, 5) is 11.2. The number of hydrogen-bond acceptors (Lipinski definition) is 3. The second kappa shape index (κ2) is 4.90. The third-order valence-corrected chi connectivity index (χ3v) is 4.35. The second-order valence-corrected chi connectivity index (χ2v) is 5.53. The lowest BCUT2D eigenvalue weighted by atomic mass is 10.2. The van der Waals surface area contributed by atoms with Crippen molar-refractivity contribution in [2.75, 3.05) is 0 Å². The van der Waals surface area contributed by atoms with E-state index < -0.39 is 15.9 Å². The monoisotopic (exact) mass is 286 g/mol. The minimum Gasteiger partial charge on any atom is -0.262 e. The molecule has 3 aromatic rings. The summed E-state index contributed by atoms with van der Waals surface area (Å²) >= 11 is 0.